The Morgan fingerprint density at radius 3 is 2.07 bits per heavy atom. The van der Waals surface area contributed by atoms with E-state index in [2.05, 4.69) is 39.2 Å². The number of nitrogens with one attached hydrogen (secondary N) is 1. The van der Waals surface area contributed by atoms with Crippen LogP contribution in [0.5, 0.6) is 0 Å². The lowest BCUT2D eigenvalue weighted by atomic mass is 10.2. The van der Waals surface area contributed by atoms with Gasteiger partial charge >= 0.3 is 12.1 Å². The van der Waals surface area contributed by atoms with Crippen molar-refractivity contribution in [2.24, 2.45) is 0 Å². The lowest BCUT2D eigenvalue weighted by Gasteiger charge is -2.40. The molecule has 1 N–H and O–H groups in total. The fourth-order valence-electron chi connectivity index (χ4n) is 2.33. The van der Waals surface area contributed by atoms with E-state index in [-0.39, 0.29) is 11.6 Å². The molecule has 0 bridgehead atoms. The van der Waals surface area contributed by atoms with Gasteiger partial charge in [0.2, 0.25) is 0 Å². The van der Waals surface area contributed by atoms with Gasteiger partial charge in [-0.1, -0.05) is 51.1 Å². The van der Waals surface area contributed by atoms with Gasteiger partial charge in [-0.25, -0.2) is 9.59 Å². The molecule has 0 spiro atoms. The zero-order valence-electron chi connectivity index (χ0n) is 19.3. The Bertz CT molecular complexity index is 677. The topological polar surface area (TPSA) is 73.9 Å². The molecule has 164 valence electrons. The molecule has 1 aromatic rings. The Hall–Kier alpha value is -1.86. The van der Waals surface area contributed by atoms with Gasteiger partial charge in [-0.05, 0) is 51.4 Å². The van der Waals surface area contributed by atoms with Gasteiger partial charge < -0.3 is 19.2 Å². The summed E-state index contributed by atoms with van der Waals surface area (Å²) in [6, 6.07) is 8.43. The third kappa shape index (κ3) is 8.58. The highest BCUT2D eigenvalue weighted by Crippen LogP contribution is 2.37. The predicted molar refractivity (Wildman–Crippen MR) is 117 cm³/mol. The maximum Gasteiger partial charge on any atom is 0.408 e. The smallest absolute Gasteiger partial charge is 0.408 e. The molecule has 2 atom stereocenters. The minimum Gasteiger partial charge on any atom is -0.459 e. The van der Waals surface area contributed by atoms with Crippen LogP contribution < -0.4 is 5.32 Å². The zero-order chi connectivity index (χ0) is 22.5. The van der Waals surface area contributed by atoms with Crippen molar-refractivity contribution in [2.45, 2.75) is 91.0 Å². The van der Waals surface area contributed by atoms with Crippen molar-refractivity contribution in [3.8, 4) is 0 Å². The monoisotopic (exact) mass is 423 g/mol. The molecule has 0 saturated carbocycles. The van der Waals surface area contributed by atoms with Crippen LogP contribution in [0.15, 0.2) is 30.3 Å². The van der Waals surface area contributed by atoms with Crippen molar-refractivity contribution in [2.75, 3.05) is 0 Å². The molecule has 0 unspecified atom stereocenters. The van der Waals surface area contributed by atoms with Crippen LogP contribution in [0.1, 0.15) is 54.0 Å². The molecule has 0 saturated heterocycles. The van der Waals surface area contributed by atoms with E-state index in [0.717, 1.165) is 5.56 Å². The molecule has 1 amide bonds. The van der Waals surface area contributed by atoms with Gasteiger partial charge in [0, 0.05) is 0 Å². The normalized spacial score (nSPS) is 14.7. The molecule has 1 rings (SSSR count). The van der Waals surface area contributed by atoms with Crippen molar-refractivity contribution in [3.63, 3.8) is 0 Å². The van der Waals surface area contributed by atoms with Crippen LogP contribution in [0.25, 0.3) is 0 Å². The van der Waals surface area contributed by atoms with Gasteiger partial charge in [-0.15, -0.1) is 0 Å². The Morgan fingerprint density at radius 1 is 1.03 bits per heavy atom. The number of benzene rings is 1. The molecule has 0 aliphatic carbocycles. The molecule has 0 aromatic heterocycles. The average molecular weight is 424 g/mol. The molecule has 7 heteroatoms. The zero-order valence-corrected chi connectivity index (χ0v) is 20.3. The first-order valence-corrected chi connectivity index (χ1v) is 12.9. The van der Waals surface area contributed by atoms with E-state index >= 15 is 0 Å². The lowest BCUT2D eigenvalue weighted by molar-refractivity contribution is -0.150. The standard InChI is InChI=1S/C22H37NO5Si/c1-16(28-29(8,9)22(5,6)7)18(23-20(25)27-21(2,3)4)19(24)26-15-17-13-11-10-12-14-17/h10-14,16,18H,15H2,1-9H3,(H,23,25)/t16-,18+/m1/s1. The molecule has 0 fully saturated rings. The van der Waals surface area contributed by atoms with E-state index in [4.69, 9.17) is 13.9 Å². The second kappa shape index (κ2) is 9.76. The number of ether oxygens (including phenoxy) is 2. The quantitative estimate of drug-likeness (QED) is 0.492. The summed E-state index contributed by atoms with van der Waals surface area (Å²) >= 11 is 0. The van der Waals surface area contributed by atoms with Crippen LogP contribution in [-0.4, -0.2) is 38.1 Å². The van der Waals surface area contributed by atoms with Crippen LogP contribution in [0.4, 0.5) is 4.79 Å². The highest BCUT2D eigenvalue weighted by atomic mass is 28.4. The maximum absolute atomic E-state index is 12.8. The molecule has 6 nitrogen and oxygen atoms in total. The van der Waals surface area contributed by atoms with E-state index < -0.39 is 38.1 Å². The molecular weight excluding hydrogens is 386 g/mol. The van der Waals surface area contributed by atoms with Crippen molar-refractivity contribution >= 4 is 20.4 Å². The first kappa shape index (κ1) is 25.2. The average Bonchev–Trinajstić information content (AvgIpc) is 2.55. The number of hydrogen-bond acceptors (Lipinski definition) is 5. The van der Waals surface area contributed by atoms with Gasteiger partial charge in [0.15, 0.2) is 14.4 Å². The number of amides is 1. The highest BCUT2D eigenvalue weighted by Gasteiger charge is 2.42. The third-order valence-electron chi connectivity index (χ3n) is 4.91. The molecule has 0 aliphatic rings. The number of carbonyl (C=O) groups is 2. The van der Waals surface area contributed by atoms with Crippen LogP contribution in [-0.2, 0) is 25.3 Å². The number of carbonyl (C=O) groups excluding carboxylic acids is 2. The third-order valence-corrected chi connectivity index (χ3v) is 9.48. The molecule has 0 aliphatic heterocycles. The first-order chi connectivity index (χ1) is 13.1. The van der Waals surface area contributed by atoms with Crippen LogP contribution in [0.3, 0.4) is 0 Å². The van der Waals surface area contributed by atoms with Gasteiger partial charge in [0.25, 0.3) is 0 Å². The SMILES string of the molecule is C[C@@H](O[Si](C)(C)C(C)(C)C)[C@H](NC(=O)OC(C)(C)C)C(=O)OCc1ccccc1. The fraction of sp³-hybridized carbons (Fsp3) is 0.636. The van der Waals surface area contributed by atoms with Gasteiger partial charge in [-0.3, -0.25) is 0 Å². The summed E-state index contributed by atoms with van der Waals surface area (Å²) < 4.78 is 17.1. The summed E-state index contributed by atoms with van der Waals surface area (Å²) in [6.45, 7) is 17.8. The Balaban J connectivity index is 2.94. The van der Waals surface area contributed by atoms with Crippen LogP contribution in [0, 0.1) is 0 Å². The number of hydrogen-bond donors (Lipinski definition) is 1. The van der Waals surface area contributed by atoms with Crippen molar-refractivity contribution in [1.82, 2.24) is 5.32 Å². The maximum atomic E-state index is 12.8. The second-order valence-electron chi connectivity index (χ2n) is 9.80. The fourth-order valence-corrected chi connectivity index (χ4v) is 3.75. The second-order valence-corrected chi connectivity index (χ2v) is 14.6. The number of alkyl carbamates (subject to hydrolysis) is 1. The molecule has 0 radical (unpaired) electrons. The summed E-state index contributed by atoms with van der Waals surface area (Å²) in [6.07, 6.45) is -1.24. The molecule has 0 heterocycles. The summed E-state index contributed by atoms with van der Waals surface area (Å²) in [5.74, 6) is -0.550. The van der Waals surface area contributed by atoms with E-state index in [9.17, 15) is 9.59 Å². The lowest BCUT2D eigenvalue weighted by Crippen LogP contribution is -2.54. The first-order valence-electron chi connectivity index (χ1n) is 10.0. The van der Waals surface area contributed by atoms with Gasteiger partial charge in [0.1, 0.15) is 12.2 Å². The van der Waals surface area contributed by atoms with Gasteiger partial charge in [-0.2, -0.15) is 0 Å². The highest BCUT2D eigenvalue weighted by molar-refractivity contribution is 6.74. The summed E-state index contributed by atoms with van der Waals surface area (Å²) in [5.41, 5.74) is 0.196. The summed E-state index contributed by atoms with van der Waals surface area (Å²) in [7, 11) is -2.16. The molecule has 1 aromatic carbocycles. The van der Waals surface area contributed by atoms with Crippen LogP contribution >= 0.6 is 0 Å². The van der Waals surface area contributed by atoms with E-state index in [1.165, 1.54) is 0 Å². The minimum atomic E-state index is -2.16. The van der Waals surface area contributed by atoms with Crippen molar-refractivity contribution < 1.29 is 23.5 Å². The predicted octanol–water partition coefficient (Wildman–Crippen LogP) is 5.03. The Kier molecular flexibility index (Phi) is 8.47. The largest absolute Gasteiger partial charge is 0.459 e. The number of rotatable bonds is 7. The minimum absolute atomic E-state index is 0.0360. The van der Waals surface area contributed by atoms with Crippen molar-refractivity contribution in [3.05, 3.63) is 35.9 Å². The van der Waals surface area contributed by atoms with E-state index in [1.54, 1.807) is 27.7 Å². The molecular formula is C22H37NO5Si. The van der Waals surface area contributed by atoms with E-state index in [1.807, 2.05) is 30.3 Å². The number of esters is 1. The Morgan fingerprint density at radius 2 is 1.59 bits per heavy atom. The summed E-state index contributed by atoms with van der Waals surface area (Å²) in [4.78, 5) is 25.2. The van der Waals surface area contributed by atoms with Gasteiger partial charge in [0.05, 0.1) is 6.10 Å². The van der Waals surface area contributed by atoms with E-state index in [0.29, 0.717) is 0 Å². The summed E-state index contributed by atoms with van der Waals surface area (Å²) in [5, 5.41) is 2.61. The Labute approximate surface area is 176 Å². The van der Waals surface area contributed by atoms with Crippen LogP contribution in [0.2, 0.25) is 18.1 Å². The van der Waals surface area contributed by atoms with Crippen molar-refractivity contribution in [1.29, 1.82) is 0 Å². The molecule has 29 heavy (non-hydrogen) atoms.